The minimum atomic E-state index is 0. The third kappa shape index (κ3) is 8.30. The lowest BCUT2D eigenvalue weighted by atomic mass is 10.0. The maximum absolute atomic E-state index is 9.57. The molecule has 0 amide bonds. The van der Waals surface area contributed by atoms with Crippen LogP contribution in [0, 0.1) is 5.92 Å². The first-order valence-electron chi connectivity index (χ1n) is 8.51. The second-order valence-corrected chi connectivity index (χ2v) is 6.04. The molecule has 1 saturated carbocycles. The zero-order valence-electron chi connectivity index (χ0n) is 14.4. The van der Waals surface area contributed by atoms with Crippen molar-refractivity contribution in [3.8, 4) is 0 Å². The highest BCUT2D eigenvalue weighted by Crippen LogP contribution is 2.28. The van der Waals surface area contributed by atoms with E-state index in [9.17, 15) is 5.11 Å². The molecule has 136 valence electrons. The molecule has 0 heterocycles. The van der Waals surface area contributed by atoms with Crippen molar-refractivity contribution in [3.63, 3.8) is 0 Å². The highest BCUT2D eigenvalue weighted by molar-refractivity contribution is 14.0. The zero-order chi connectivity index (χ0) is 16.3. The number of guanidine groups is 1. The number of aliphatic hydroxyl groups excluding tert-OH is 1. The molecular weight excluding hydrogens is 417 g/mol. The summed E-state index contributed by atoms with van der Waals surface area (Å²) >= 11 is 0. The maximum atomic E-state index is 9.57. The van der Waals surface area contributed by atoms with Gasteiger partial charge in [0.15, 0.2) is 5.96 Å². The number of rotatable bonds is 10. The fraction of sp³-hybridized carbons (Fsp3) is 0.611. The van der Waals surface area contributed by atoms with Gasteiger partial charge in [-0.15, -0.1) is 24.0 Å². The second kappa shape index (κ2) is 12.5. The van der Waals surface area contributed by atoms with Crippen molar-refractivity contribution in [1.82, 2.24) is 10.6 Å². The zero-order valence-corrected chi connectivity index (χ0v) is 16.7. The summed E-state index contributed by atoms with van der Waals surface area (Å²) in [4.78, 5) is 4.22. The monoisotopic (exact) mass is 447 g/mol. The quantitative estimate of drug-likeness (QED) is 0.223. The van der Waals surface area contributed by atoms with E-state index in [1.54, 1.807) is 7.05 Å². The van der Waals surface area contributed by atoms with Gasteiger partial charge in [0.1, 0.15) is 0 Å². The van der Waals surface area contributed by atoms with Crippen molar-refractivity contribution in [2.75, 3.05) is 40.0 Å². The van der Waals surface area contributed by atoms with Gasteiger partial charge in [-0.25, -0.2) is 0 Å². The molecule has 0 spiro atoms. The molecule has 1 aromatic rings. The normalized spacial score (nSPS) is 15.5. The molecule has 1 aliphatic carbocycles. The Kier molecular flexibility index (Phi) is 11.0. The van der Waals surface area contributed by atoms with Gasteiger partial charge < -0.3 is 20.5 Å². The van der Waals surface area contributed by atoms with Crippen molar-refractivity contribution in [2.45, 2.75) is 25.2 Å². The van der Waals surface area contributed by atoms with Crippen molar-refractivity contribution >= 4 is 29.9 Å². The number of aliphatic imine (C=N–C) groups is 1. The van der Waals surface area contributed by atoms with Gasteiger partial charge in [0, 0.05) is 39.3 Å². The van der Waals surface area contributed by atoms with Crippen molar-refractivity contribution in [3.05, 3.63) is 35.9 Å². The summed E-state index contributed by atoms with van der Waals surface area (Å²) in [7, 11) is 1.76. The summed E-state index contributed by atoms with van der Waals surface area (Å²) in [5.41, 5.74) is 1.13. The molecule has 1 fully saturated rings. The predicted octanol–water partition coefficient (Wildman–Crippen LogP) is 2.36. The SMILES string of the molecule is CN=C(NCCCOCC1CC1)NCC(CO)c1ccccc1.I. The molecule has 0 aromatic heterocycles. The van der Waals surface area contributed by atoms with Crippen LogP contribution >= 0.6 is 24.0 Å². The first kappa shape index (κ1) is 21.2. The molecule has 5 nitrogen and oxygen atoms in total. The van der Waals surface area contributed by atoms with Gasteiger partial charge in [-0.2, -0.15) is 0 Å². The minimum absolute atomic E-state index is 0. The van der Waals surface area contributed by atoms with Crippen LogP contribution in [0.3, 0.4) is 0 Å². The molecule has 1 aromatic carbocycles. The van der Waals surface area contributed by atoms with Crippen LogP contribution in [0.15, 0.2) is 35.3 Å². The molecule has 1 atom stereocenters. The summed E-state index contributed by atoms with van der Waals surface area (Å²) in [6.07, 6.45) is 3.64. The van der Waals surface area contributed by atoms with Crippen molar-refractivity contribution < 1.29 is 9.84 Å². The van der Waals surface area contributed by atoms with E-state index in [1.807, 2.05) is 30.3 Å². The third-order valence-electron chi connectivity index (χ3n) is 4.04. The molecular formula is C18H30IN3O2. The Balaban J connectivity index is 0.00000288. The Morgan fingerprint density at radius 1 is 1.29 bits per heavy atom. The van der Waals surface area contributed by atoms with Crippen LogP contribution in [-0.2, 0) is 4.74 Å². The lowest BCUT2D eigenvalue weighted by Gasteiger charge is -2.18. The first-order chi connectivity index (χ1) is 11.3. The summed E-state index contributed by atoms with van der Waals surface area (Å²) in [5, 5.41) is 16.1. The van der Waals surface area contributed by atoms with Crippen LogP contribution in [0.4, 0.5) is 0 Å². The number of aliphatic hydroxyl groups is 1. The Labute approximate surface area is 162 Å². The molecule has 1 aliphatic rings. The second-order valence-electron chi connectivity index (χ2n) is 6.04. The molecule has 0 aliphatic heterocycles. The topological polar surface area (TPSA) is 65.9 Å². The number of nitrogens with zero attached hydrogens (tertiary/aromatic N) is 1. The number of nitrogens with one attached hydrogen (secondary N) is 2. The fourth-order valence-corrected chi connectivity index (χ4v) is 2.37. The van der Waals surface area contributed by atoms with Gasteiger partial charge in [0.2, 0.25) is 0 Å². The van der Waals surface area contributed by atoms with Crippen molar-refractivity contribution in [1.29, 1.82) is 0 Å². The molecule has 0 bridgehead atoms. The Bertz CT molecular complexity index is 467. The summed E-state index contributed by atoms with van der Waals surface area (Å²) in [6.45, 7) is 3.31. The molecule has 2 rings (SSSR count). The molecule has 24 heavy (non-hydrogen) atoms. The smallest absolute Gasteiger partial charge is 0.191 e. The van der Waals surface area contributed by atoms with Crippen LogP contribution in [-0.4, -0.2) is 51.0 Å². The van der Waals surface area contributed by atoms with Gasteiger partial charge in [-0.1, -0.05) is 30.3 Å². The lowest BCUT2D eigenvalue weighted by Crippen LogP contribution is -2.40. The van der Waals surface area contributed by atoms with Crippen LogP contribution in [0.25, 0.3) is 0 Å². The van der Waals surface area contributed by atoms with E-state index in [0.29, 0.717) is 6.54 Å². The van der Waals surface area contributed by atoms with Crippen LogP contribution in [0.1, 0.15) is 30.7 Å². The van der Waals surface area contributed by atoms with Gasteiger partial charge in [-0.05, 0) is 30.7 Å². The maximum Gasteiger partial charge on any atom is 0.191 e. The van der Waals surface area contributed by atoms with E-state index in [-0.39, 0.29) is 36.5 Å². The Morgan fingerprint density at radius 3 is 2.67 bits per heavy atom. The molecule has 0 radical (unpaired) electrons. The number of hydrogen-bond donors (Lipinski definition) is 3. The minimum Gasteiger partial charge on any atom is -0.396 e. The molecule has 3 N–H and O–H groups in total. The van der Waals surface area contributed by atoms with Gasteiger partial charge >= 0.3 is 0 Å². The third-order valence-corrected chi connectivity index (χ3v) is 4.04. The van der Waals surface area contributed by atoms with Crippen LogP contribution < -0.4 is 10.6 Å². The fourth-order valence-electron chi connectivity index (χ4n) is 2.37. The predicted molar refractivity (Wildman–Crippen MR) is 109 cm³/mol. The van der Waals surface area contributed by atoms with E-state index in [4.69, 9.17) is 4.74 Å². The Hall–Kier alpha value is -0.860. The van der Waals surface area contributed by atoms with E-state index in [2.05, 4.69) is 15.6 Å². The van der Waals surface area contributed by atoms with Crippen LogP contribution in [0.5, 0.6) is 0 Å². The average molecular weight is 447 g/mol. The average Bonchev–Trinajstić information content (AvgIpc) is 3.41. The van der Waals surface area contributed by atoms with Gasteiger partial charge in [0.05, 0.1) is 6.61 Å². The number of hydrogen-bond acceptors (Lipinski definition) is 3. The standard InChI is InChI=1S/C18H29N3O2.HI/c1-19-18(20-10-5-11-23-14-15-8-9-15)21-12-17(13-22)16-6-3-2-4-7-16;/h2-4,6-7,15,17,22H,5,8-14H2,1H3,(H2,19,20,21);1H. The van der Waals surface area contributed by atoms with Gasteiger partial charge in [-0.3, -0.25) is 4.99 Å². The number of ether oxygens (including phenoxy) is 1. The summed E-state index contributed by atoms with van der Waals surface area (Å²) in [5.74, 6) is 1.66. The van der Waals surface area contributed by atoms with Crippen molar-refractivity contribution in [2.24, 2.45) is 10.9 Å². The van der Waals surface area contributed by atoms with E-state index in [0.717, 1.165) is 43.6 Å². The first-order valence-corrected chi connectivity index (χ1v) is 8.51. The molecule has 6 heteroatoms. The number of benzene rings is 1. The highest BCUT2D eigenvalue weighted by atomic mass is 127. The summed E-state index contributed by atoms with van der Waals surface area (Å²) < 4.78 is 5.61. The van der Waals surface area contributed by atoms with E-state index in [1.165, 1.54) is 12.8 Å². The lowest BCUT2D eigenvalue weighted by molar-refractivity contribution is 0.123. The molecule has 0 saturated heterocycles. The largest absolute Gasteiger partial charge is 0.396 e. The van der Waals surface area contributed by atoms with Crippen LogP contribution in [0.2, 0.25) is 0 Å². The van der Waals surface area contributed by atoms with E-state index < -0.39 is 0 Å². The van der Waals surface area contributed by atoms with Gasteiger partial charge in [0.25, 0.3) is 0 Å². The summed E-state index contributed by atoms with van der Waals surface area (Å²) in [6, 6.07) is 10.0. The van der Waals surface area contributed by atoms with E-state index >= 15 is 0 Å². The number of halogens is 1. The molecule has 1 unspecified atom stereocenters. The Morgan fingerprint density at radius 2 is 2.04 bits per heavy atom. The highest BCUT2D eigenvalue weighted by Gasteiger charge is 2.20.